The molecule has 2 atom stereocenters. The molecule has 0 aromatic carbocycles. The number of esters is 1. The van der Waals surface area contributed by atoms with Crippen LogP contribution in [0, 0.1) is 5.92 Å². The third kappa shape index (κ3) is 3.51. The van der Waals surface area contributed by atoms with Crippen LogP contribution >= 0.6 is 0 Å². The number of carbonyl (C=O) groups excluding carboxylic acids is 2. The van der Waals surface area contributed by atoms with Gasteiger partial charge in [0.05, 0.1) is 13.0 Å². The van der Waals surface area contributed by atoms with Gasteiger partial charge in [-0.25, -0.2) is 9.59 Å². The predicted molar refractivity (Wildman–Crippen MR) is 58.3 cm³/mol. The van der Waals surface area contributed by atoms with Gasteiger partial charge in [-0.05, 0) is 27.2 Å². The second kappa shape index (κ2) is 4.57. The first-order valence-corrected chi connectivity index (χ1v) is 5.58. The summed E-state index contributed by atoms with van der Waals surface area (Å²) in [6, 6.07) is 0. The molecule has 1 fully saturated rings. The van der Waals surface area contributed by atoms with Crippen LogP contribution in [0.3, 0.4) is 0 Å². The molecule has 1 saturated carbocycles. The van der Waals surface area contributed by atoms with Gasteiger partial charge in [0, 0.05) is 0 Å². The maximum absolute atomic E-state index is 12.6. The van der Waals surface area contributed by atoms with E-state index in [1.165, 1.54) is 0 Å². The average molecular weight is 283 g/mol. The molecule has 8 heteroatoms. The number of halogens is 3. The number of carbonyl (C=O) groups is 2. The molecule has 5 nitrogen and oxygen atoms in total. The number of amides is 1. The Kier molecular flexibility index (Phi) is 3.75. The minimum Gasteiger partial charge on any atom is -0.467 e. The van der Waals surface area contributed by atoms with E-state index in [2.05, 4.69) is 4.74 Å². The van der Waals surface area contributed by atoms with Gasteiger partial charge in [0.25, 0.3) is 0 Å². The van der Waals surface area contributed by atoms with Crippen molar-refractivity contribution in [1.82, 2.24) is 5.32 Å². The summed E-state index contributed by atoms with van der Waals surface area (Å²) in [5.74, 6) is -3.07. The number of hydrogen-bond donors (Lipinski definition) is 1. The van der Waals surface area contributed by atoms with E-state index >= 15 is 0 Å². The zero-order chi connectivity index (χ0) is 15.1. The molecule has 1 N–H and O–H groups in total. The molecule has 2 unspecified atom stereocenters. The van der Waals surface area contributed by atoms with Crippen LogP contribution in [0.25, 0.3) is 0 Å². The lowest BCUT2D eigenvalue weighted by atomic mass is 10.2. The average Bonchev–Trinajstić information content (AvgIpc) is 2.89. The van der Waals surface area contributed by atoms with Gasteiger partial charge in [-0.15, -0.1) is 0 Å². The number of hydrogen-bond acceptors (Lipinski definition) is 4. The zero-order valence-corrected chi connectivity index (χ0v) is 11.1. The monoisotopic (exact) mass is 283 g/mol. The highest BCUT2D eigenvalue weighted by molar-refractivity contribution is 5.89. The van der Waals surface area contributed by atoms with Crippen LogP contribution in [0.2, 0.25) is 0 Å². The normalized spacial score (nSPS) is 26.6. The Morgan fingerprint density at radius 3 is 2.11 bits per heavy atom. The van der Waals surface area contributed by atoms with Gasteiger partial charge in [0.15, 0.2) is 5.54 Å². The maximum Gasteiger partial charge on any atom is 0.408 e. The van der Waals surface area contributed by atoms with Crippen LogP contribution in [-0.4, -0.2) is 36.5 Å². The Hall–Kier alpha value is -1.47. The highest BCUT2D eigenvalue weighted by Gasteiger charge is 2.73. The standard InChI is InChI=1S/C11H16F3NO4/c1-9(2,3)19-8(17)15-10(7(16)18-4)5-6(10)11(12,13)14/h6H,5H2,1-4H3,(H,15,17). The molecule has 110 valence electrons. The lowest BCUT2D eigenvalue weighted by molar-refractivity contribution is -0.165. The number of nitrogens with one attached hydrogen (secondary N) is 1. The molecule has 0 bridgehead atoms. The molecular weight excluding hydrogens is 267 g/mol. The molecule has 1 aliphatic carbocycles. The van der Waals surface area contributed by atoms with E-state index in [4.69, 9.17) is 4.74 Å². The van der Waals surface area contributed by atoms with E-state index in [0.29, 0.717) is 0 Å². The first-order valence-electron chi connectivity index (χ1n) is 5.58. The SMILES string of the molecule is COC(=O)C1(NC(=O)OC(C)(C)C)CC1C(F)(F)F. The minimum absolute atomic E-state index is 0.539. The van der Waals surface area contributed by atoms with Crippen molar-refractivity contribution in [1.29, 1.82) is 0 Å². The molecule has 0 aromatic heterocycles. The predicted octanol–water partition coefficient (Wildman–Crippen LogP) is 2.01. The van der Waals surface area contributed by atoms with Gasteiger partial charge < -0.3 is 14.8 Å². The molecule has 0 radical (unpaired) electrons. The van der Waals surface area contributed by atoms with Gasteiger partial charge in [0.1, 0.15) is 5.60 Å². The van der Waals surface area contributed by atoms with Crippen molar-refractivity contribution in [3.05, 3.63) is 0 Å². The highest BCUT2D eigenvalue weighted by Crippen LogP contribution is 2.54. The first kappa shape index (κ1) is 15.6. The van der Waals surface area contributed by atoms with Gasteiger partial charge >= 0.3 is 18.2 Å². The van der Waals surface area contributed by atoms with Gasteiger partial charge in [0.2, 0.25) is 0 Å². The Bertz CT molecular complexity index is 388. The Balaban J connectivity index is 2.81. The quantitative estimate of drug-likeness (QED) is 0.787. The molecular formula is C11H16F3NO4. The van der Waals surface area contributed by atoms with Crippen molar-refractivity contribution in [2.24, 2.45) is 5.92 Å². The summed E-state index contributed by atoms with van der Waals surface area (Å²) in [5, 5.41) is 1.98. The number of rotatable bonds is 2. The zero-order valence-electron chi connectivity index (χ0n) is 11.1. The van der Waals surface area contributed by atoms with Gasteiger partial charge in [-0.1, -0.05) is 0 Å². The molecule has 1 rings (SSSR count). The summed E-state index contributed by atoms with van der Waals surface area (Å²) in [7, 11) is 0.965. The number of alkyl halides is 3. The van der Waals surface area contributed by atoms with Crippen molar-refractivity contribution in [3.63, 3.8) is 0 Å². The summed E-state index contributed by atoms with van der Waals surface area (Å²) in [5.41, 5.74) is -2.93. The minimum atomic E-state index is -4.58. The second-order valence-electron chi connectivity index (χ2n) is 5.39. The molecule has 0 saturated heterocycles. The van der Waals surface area contributed by atoms with Crippen molar-refractivity contribution < 1.29 is 32.2 Å². The molecule has 0 aliphatic heterocycles. The fourth-order valence-electron chi connectivity index (χ4n) is 1.74. The molecule has 19 heavy (non-hydrogen) atoms. The molecule has 0 aromatic rings. The van der Waals surface area contributed by atoms with E-state index in [0.717, 1.165) is 7.11 Å². The number of ether oxygens (including phenoxy) is 2. The highest BCUT2D eigenvalue weighted by atomic mass is 19.4. The summed E-state index contributed by atoms with van der Waals surface area (Å²) < 4.78 is 47.0. The maximum atomic E-state index is 12.6. The molecule has 0 heterocycles. The van der Waals surface area contributed by atoms with Crippen molar-refractivity contribution in [2.45, 2.75) is 44.5 Å². The fraction of sp³-hybridized carbons (Fsp3) is 0.818. The van der Waals surface area contributed by atoms with E-state index in [1.54, 1.807) is 20.8 Å². The first-order chi connectivity index (χ1) is 8.42. The smallest absolute Gasteiger partial charge is 0.408 e. The Morgan fingerprint density at radius 2 is 1.79 bits per heavy atom. The topological polar surface area (TPSA) is 64.6 Å². The molecule has 1 amide bonds. The van der Waals surface area contributed by atoms with Crippen LogP contribution in [0.5, 0.6) is 0 Å². The van der Waals surface area contributed by atoms with Crippen LogP contribution in [0.4, 0.5) is 18.0 Å². The summed E-state index contributed by atoms with van der Waals surface area (Å²) in [6.07, 6.45) is -6.20. The van der Waals surface area contributed by atoms with Crippen molar-refractivity contribution in [2.75, 3.05) is 7.11 Å². The van der Waals surface area contributed by atoms with Crippen molar-refractivity contribution in [3.8, 4) is 0 Å². The number of alkyl carbamates (subject to hydrolysis) is 1. The van der Waals surface area contributed by atoms with E-state index < -0.39 is 41.7 Å². The fourth-order valence-corrected chi connectivity index (χ4v) is 1.74. The van der Waals surface area contributed by atoms with Crippen molar-refractivity contribution >= 4 is 12.1 Å². The van der Waals surface area contributed by atoms with Gasteiger partial charge in [-0.2, -0.15) is 13.2 Å². The van der Waals surface area contributed by atoms with Crippen LogP contribution in [0.15, 0.2) is 0 Å². The Labute approximate surface area is 108 Å². The van der Waals surface area contributed by atoms with E-state index in [1.807, 2.05) is 5.32 Å². The summed E-state index contributed by atoms with van der Waals surface area (Å²) in [6.45, 7) is 4.68. The second-order valence-corrected chi connectivity index (χ2v) is 5.39. The van der Waals surface area contributed by atoms with Gasteiger partial charge in [-0.3, -0.25) is 0 Å². The molecule has 0 spiro atoms. The van der Waals surface area contributed by atoms with E-state index in [-0.39, 0.29) is 0 Å². The molecule has 1 aliphatic rings. The lowest BCUT2D eigenvalue weighted by Crippen LogP contribution is -2.49. The summed E-state index contributed by atoms with van der Waals surface area (Å²) in [4.78, 5) is 23.0. The summed E-state index contributed by atoms with van der Waals surface area (Å²) >= 11 is 0. The Morgan fingerprint density at radius 1 is 1.26 bits per heavy atom. The third-order valence-corrected chi connectivity index (χ3v) is 2.63. The number of methoxy groups -OCH3 is 1. The van der Waals surface area contributed by atoms with E-state index in [9.17, 15) is 22.8 Å². The van der Waals surface area contributed by atoms with Crippen LogP contribution in [-0.2, 0) is 14.3 Å². The van der Waals surface area contributed by atoms with Crippen LogP contribution < -0.4 is 5.32 Å². The third-order valence-electron chi connectivity index (χ3n) is 2.63. The lowest BCUT2D eigenvalue weighted by Gasteiger charge is -2.23. The van der Waals surface area contributed by atoms with Crippen LogP contribution in [0.1, 0.15) is 27.2 Å². The largest absolute Gasteiger partial charge is 0.467 e.